The number of nitrogens with one attached hydrogen (secondary N) is 2. The van der Waals surface area contributed by atoms with Crippen molar-refractivity contribution in [3.8, 4) is 22.9 Å². The Hall–Kier alpha value is -3.94. The molecule has 1 aliphatic carbocycles. The van der Waals surface area contributed by atoms with Crippen molar-refractivity contribution in [3.05, 3.63) is 75.2 Å². The Kier molecular flexibility index (Phi) is 5.46. The van der Waals surface area contributed by atoms with Crippen molar-refractivity contribution in [1.29, 1.82) is 0 Å². The molecule has 0 saturated carbocycles. The van der Waals surface area contributed by atoms with Crippen molar-refractivity contribution in [2.75, 3.05) is 26.6 Å². The first-order valence-electron chi connectivity index (χ1n) is 11.5. The SMILES string of the molecule is COc1cc(OC)c([C@H]2C3=C(CC(C)(C)CC3=O)Nc3[nH]n(-c4ccccc4)c(=O)c32)cc1OC. The smallest absolute Gasteiger partial charge is 0.277 e. The molecular formula is C27H29N3O5. The van der Waals surface area contributed by atoms with Gasteiger partial charge < -0.3 is 19.5 Å². The minimum Gasteiger partial charge on any atom is -0.496 e. The molecule has 1 atom stereocenters. The fraction of sp³-hybridized carbons (Fsp3) is 0.333. The Morgan fingerprint density at radius 3 is 2.23 bits per heavy atom. The predicted octanol–water partition coefficient (Wildman–Crippen LogP) is 4.39. The predicted molar refractivity (Wildman–Crippen MR) is 133 cm³/mol. The molecule has 0 bridgehead atoms. The number of ketones is 1. The van der Waals surface area contributed by atoms with Gasteiger partial charge in [-0.25, -0.2) is 4.68 Å². The number of nitrogens with zero attached hydrogens (tertiary/aromatic N) is 1. The largest absolute Gasteiger partial charge is 0.496 e. The maximum absolute atomic E-state index is 13.8. The average Bonchev–Trinajstić information content (AvgIpc) is 3.17. The van der Waals surface area contributed by atoms with E-state index in [1.807, 2.05) is 30.3 Å². The maximum Gasteiger partial charge on any atom is 0.277 e. The second kappa shape index (κ2) is 8.37. The van der Waals surface area contributed by atoms with Crippen LogP contribution in [-0.4, -0.2) is 36.9 Å². The molecule has 2 aliphatic rings. The van der Waals surface area contributed by atoms with Crippen LogP contribution in [0, 0.1) is 5.41 Å². The van der Waals surface area contributed by atoms with E-state index in [-0.39, 0.29) is 16.8 Å². The van der Waals surface area contributed by atoms with Crippen LogP contribution < -0.4 is 25.1 Å². The number of fused-ring (bicyclic) bond motifs is 1. The van der Waals surface area contributed by atoms with E-state index >= 15 is 0 Å². The first-order valence-corrected chi connectivity index (χ1v) is 11.5. The monoisotopic (exact) mass is 475 g/mol. The van der Waals surface area contributed by atoms with Crippen LogP contribution in [0.1, 0.15) is 43.7 Å². The number of para-hydroxylation sites is 1. The molecular weight excluding hydrogens is 446 g/mol. The van der Waals surface area contributed by atoms with Crippen LogP contribution in [-0.2, 0) is 4.79 Å². The van der Waals surface area contributed by atoms with Crippen molar-refractivity contribution in [2.24, 2.45) is 5.41 Å². The standard InChI is InChI=1S/C27H29N3O5/c1-27(2)13-17-23(18(31)14-27)22(16-11-20(34-4)21(35-5)12-19(16)33-3)24-25(28-17)29-30(26(24)32)15-9-7-6-8-10-15/h6-12,22,28-29H,13-14H2,1-5H3/t22-/m0/s1. The quantitative estimate of drug-likeness (QED) is 0.568. The highest BCUT2D eigenvalue weighted by atomic mass is 16.5. The van der Waals surface area contributed by atoms with E-state index in [4.69, 9.17) is 14.2 Å². The van der Waals surface area contributed by atoms with E-state index in [2.05, 4.69) is 24.3 Å². The van der Waals surface area contributed by atoms with Gasteiger partial charge in [-0.2, -0.15) is 0 Å². The van der Waals surface area contributed by atoms with Crippen molar-refractivity contribution >= 4 is 11.6 Å². The number of anilines is 1. The number of hydrogen-bond donors (Lipinski definition) is 2. The van der Waals surface area contributed by atoms with Crippen molar-refractivity contribution < 1.29 is 19.0 Å². The molecule has 2 aromatic carbocycles. The molecule has 3 aromatic rings. The second-order valence-corrected chi connectivity index (χ2v) is 9.72. The van der Waals surface area contributed by atoms with Crippen LogP contribution in [0.15, 0.2) is 58.5 Å². The number of aromatic amines is 1. The van der Waals surface area contributed by atoms with Gasteiger partial charge in [-0.3, -0.25) is 14.7 Å². The normalized spacial score (nSPS) is 18.4. The van der Waals surface area contributed by atoms with E-state index in [1.54, 1.807) is 33.5 Å². The lowest BCUT2D eigenvalue weighted by Gasteiger charge is -2.38. The summed E-state index contributed by atoms with van der Waals surface area (Å²) in [5.41, 5.74) is 2.83. The third-order valence-electron chi connectivity index (χ3n) is 6.76. The van der Waals surface area contributed by atoms with Gasteiger partial charge in [0.15, 0.2) is 17.3 Å². The summed E-state index contributed by atoms with van der Waals surface area (Å²) in [5.74, 6) is 1.47. The number of ether oxygens (including phenoxy) is 3. The van der Waals surface area contributed by atoms with Crippen LogP contribution in [0.2, 0.25) is 0 Å². The molecule has 0 spiro atoms. The van der Waals surface area contributed by atoms with Crippen LogP contribution in [0.3, 0.4) is 0 Å². The lowest BCUT2D eigenvalue weighted by atomic mass is 9.69. The maximum atomic E-state index is 13.8. The highest BCUT2D eigenvalue weighted by molar-refractivity contribution is 6.01. The summed E-state index contributed by atoms with van der Waals surface area (Å²) in [6, 6.07) is 12.9. The molecule has 8 nitrogen and oxygen atoms in total. The summed E-state index contributed by atoms with van der Waals surface area (Å²) in [7, 11) is 4.67. The van der Waals surface area contributed by atoms with Gasteiger partial charge in [-0.05, 0) is 30.0 Å². The number of Topliss-reactive ketones (excluding diaryl/α,β-unsaturated/α-hetero) is 1. The molecule has 2 heterocycles. The van der Waals surface area contributed by atoms with Crippen LogP contribution in [0.5, 0.6) is 17.2 Å². The summed E-state index contributed by atoms with van der Waals surface area (Å²) >= 11 is 0. The Morgan fingerprint density at radius 2 is 1.57 bits per heavy atom. The summed E-state index contributed by atoms with van der Waals surface area (Å²) in [6.07, 6.45) is 1.07. The molecule has 1 aliphatic heterocycles. The van der Waals surface area contributed by atoms with Gasteiger partial charge in [-0.15, -0.1) is 0 Å². The highest BCUT2D eigenvalue weighted by Crippen LogP contribution is 2.51. The molecule has 0 fully saturated rings. The minimum atomic E-state index is -0.631. The van der Waals surface area contributed by atoms with Gasteiger partial charge in [0.05, 0.1) is 38.5 Å². The van der Waals surface area contributed by atoms with Gasteiger partial charge in [0.25, 0.3) is 5.56 Å². The fourth-order valence-electron chi connectivity index (χ4n) is 5.24. The van der Waals surface area contributed by atoms with Gasteiger partial charge in [0.1, 0.15) is 11.6 Å². The van der Waals surface area contributed by atoms with E-state index < -0.39 is 5.92 Å². The second-order valence-electron chi connectivity index (χ2n) is 9.72. The highest BCUT2D eigenvalue weighted by Gasteiger charge is 2.44. The molecule has 0 amide bonds. The number of methoxy groups -OCH3 is 3. The topological polar surface area (TPSA) is 94.6 Å². The number of H-pyrrole nitrogens is 1. The molecule has 2 N–H and O–H groups in total. The fourth-order valence-corrected chi connectivity index (χ4v) is 5.24. The van der Waals surface area contributed by atoms with Crippen molar-refractivity contribution in [2.45, 2.75) is 32.6 Å². The van der Waals surface area contributed by atoms with E-state index in [9.17, 15) is 9.59 Å². The zero-order valence-electron chi connectivity index (χ0n) is 20.5. The van der Waals surface area contributed by atoms with Gasteiger partial charge in [-0.1, -0.05) is 32.0 Å². The summed E-state index contributed by atoms with van der Waals surface area (Å²) in [5, 5.41) is 6.62. The lowest BCUT2D eigenvalue weighted by molar-refractivity contribution is -0.118. The Morgan fingerprint density at radius 1 is 0.914 bits per heavy atom. The van der Waals surface area contributed by atoms with Crippen LogP contribution >= 0.6 is 0 Å². The molecule has 0 saturated heterocycles. The molecule has 182 valence electrons. The first kappa shape index (κ1) is 22.8. The first-order chi connectivity index (χ1) is 16.8. The molecule has 0 unspecified atom stereocenters. The van der Waals surface area contributed by atoms with Crippen molar-refractivity contribution in [1.82, 2.24) is 9.78 Å². The van der Waals surface area contributed by atoms with Crippen LogP contribution in [0.25, 0.3) is 5.69 Å². The number of hydrogen-bond acceptors (Lipinski definition) is 6. The molecule has 8 heteroatoms. The Balaban J connectivity index is 1.80. The zero-order chi connectivity index (χ0) is 24.9. The van der Waals surface area contributed by atoms with E-state index in [0.717, 1.165) is 5.70 Å². The summed E-state index contributed by atoms with van der Waals surface area (Å²) in [6.45, 7) is 4.16. The van der Waals surface area contributed by atoms with Gasteiger partial charge in [0.2, 0.25) is 0 Å². The third kappa shape index (κ3) is 3.69. The summed E-state index contributed by atoms with van der Waals surface area (Å²) in [4.78, 5) is 27.4. The van der Waals surface area contributed by atoms with Gasteiger partial charge in [0, 0.05) is 29.3 Å². The Labute approximate surface area is 203 Å². The van der Waals surface area contributed by atoms with E-state index in [1.165, 1.54) is 4.68 Å². The van der Waals surface area contributed by atoms with E-state index in [0.29, 0.717) is 58.3 Å². The molecule has 35 heavy (non-hydrogen) atoms. The lowest BCUT2D eigenvalue weighted by Crippen LogP contribution is -2.35. The molecule has 0 radical (unpaired) electrons. The number of benzene rings is 2. The number of allylic oxidation sites excluding steroid dienone is 2. The molecule has 1 aromatic heterocycles. The van der Waals surface area contributed by atoms with Crippen LogP contribution in [0.4, 0.5) is 5.82 Å². The number of aromatic nitrogens is 2. The average molecular weight is 476 g/mol. The number of carbonyl (C=O) groups excluding carboxylic acids is 1. The summed E-state index contributed by atoms with van der Waals surface area (Å²) < 4.78 is 18.3. The van der Waals surface area contributed by atoms with Gasteiger partial charge >= 0.3 is 0 Å². The number of carbonyl (C=O) groups is 1. The zero-order valence-corrected chi connectivity index (χ0v) is 20.5. The third-order valence-corrected chi connectivity index (χ3v) is 6.76. The minimum absolute atomic E-state index is 0.0168. The molecule has 5 rings (SSSR count). The Bertz CT molecular complexity index is 1400. The number of rotatable bonds is 5. The van der Waals surface area contributed by atoms with Crippen molar-refractivity contribution in [3.63, 3.8) is 0 Å².